The minimum absolute atomic E-state index is 0.00558. The standard InChI is InChI=1S/C12H23N3O2.C8H8N4O/c1-12(2,3)14-8-10(16)15-7-5-6-9(15)11(17)13-4;1-5-2-7-10-3-6(8(9)13)4-12(7)11-5/h9,14H,5-8H2,1-4H3,(H,13,17);2-4H,1H3,(H2,9,13). The summed E-state index contributed by atoms with van der Waals surface area (Å²) in [7, 11) is 1.61. The fourth-order valence-corrected chi connectivity index (χ4v) is 3.07. The van der Waals surface area contributed by atoms with Crippen molar-refractivity contribution in [3.63, 3.8) is 0 Å². The highest BCUT2D eigenvalue weighted by Gasteiger charge is 2.33. The number of likely N-dealkylation sites (tertiary alicyclic amines) is 1. The molecule has 1 aliphatic heterocycles. The van der Waals surface area contributed by atoms with E-state index in [4.69, 9.17) is 5.73 Å². The van der Waals surface area contributed by atoms with E-state index in [0.29, 0.717) is 17.8 Å². The van der Waals surface area contributed by atoms with Crippen LogP contribution < -0.4 is 16.4 Å². The van der Waals surface area contributed by atoms with Crippen molar-refractivity contribution in [2.24, 2.45) is 5.73 Å². The molecule has 10 nitrogen and oxygen atoms in total. The second kappa shape index (κ2) is 9.66. The summed E-state index contributed by atoms with van der Waals surface area (Å²) >= 11 is 0. The normalized spacial score (nSPS) is 16.2. The van der Waals surface area contributed by atoms with E-state index in [1.165, 1.54) is 10.7 Å². The molecule has 1 atom stereocenters. The molecule has 164 valence electrons. The van der Waals surface area contributed by atoms with Gasteiger partial charge in [0, 0.05) is 37.6 Å². The van der Waals surface area contributed by atoms with Gasteiger partial charge >= 0.3 is 0 Å². The summed E-state index contributed by atoms with van der Waals surface area (Å²) < 4.78 is 1.54. The van der Waals surface area contributed by atoms with Crippen LogP contribution in [0.5, 0.6) is 0 Å². The van der Waals surface area contributed by atoms with Crippen LogP contribution >= 0.6 is 0 Å². The molecular formula is C20H31N7O3. The van der Waals surface area contributed by atoms with Gasteiger partial charge in [-0.3, -0.25) is 14.4 Å². The Morgan fingerprint density at radius 2 is 2.00 bits per heavy atom. The van der Waals surface area contributed by atoms with Crippen LogP contribution in [0.4, 0.5) is 0 Å². The van der Waals surface area contributed by atoms with E-state index in [-0.39, 0.29) is 29.9 Å². The number of carbonyl (C=O) groups excluding carboxylic acids is 3. The van der Waals surface area contributed by atoms with Gasteiger partial charge in [0.2, 0.25) is 11.8 Å². The fraction of sp³-hybridized carbons (Fsp3) is 0.550. The van der Waals surface area contributed by atoms with E-state index < -0.39 is 5.91 Å². The van der Waals surface area contributed by atoms with Crippen LogP contribution in [-0.2, 0) is 9.59 Å². The van der Waals surface area contributed by atoms with Crippen molar-refractivity contribution >= 4 is 23.4 Å². The maximum atomic E-state index is 12.0. The first kappa shape index (κ1) is 23.3. The molecule has 1 aliphatic rings. The van der Waals surface area contributed by atoms with Crippen molar-refractivity contribution in [3.8, 4) is 0 Å². The zero-order valence-electron chi connectivity index (χ0n) is 18.2. The first-order valence-electron chi connectivity index (χ1n) is 9.90. The highest BCUT2D eigenvalue weighted by atomic mass is 16.2. The Bertz CT molecular complexity index is 917. The second-order valence-corrected chi connectivity index (χ2v) is 8.26. The summed E-state index contributed by atoms with van der Waals surface area (Å²) in [5, 5.41) is 9.87. The molecule has 0 aromatic carbocycles. The maximum absolute atomic E-state index is 12.0. The summed E-state index contributed by atoms with van der Waals surface area (Å²) in [5.74, 6) is -0.555. The lowest BCUT2D eigenvalue weighted by molar-refractivity contribution is -0.137. The highest BCUT2D eigenvalue weighted by Crippen LogP contribution is 2.17. The van der Waals surface area contributed by atoms with Crippen LogP contribution in [0.25, 0.3) is 5.65 Å². The largest absolute Gasteiger partial charge is 0.366 e. The zero-order chi connectivity index (χ0) is 22.5. The molecule has 0 spiro atoms. The van der Waals surface area contributed by atoms with Gasteiger partial charge in [-0.25, -0.2) is 9.50 Å². The third-order valence-corrected chi connectivity index (χ3v) is 4.61. The van der Waals surface area contributed by atoms with Crippen LogP contribution in [0.2, 0.25) is 0 Å². The maximum Gasteiger partial charge on any atom is 0.251 e. The number of nitrogens with one attached hydrogen (secondary N) is 2. The van der Waals surface area contributed by atoms with E-state index in [2.05, 4.69) is 20.7 Å². The zero-order valence-corrected chi connectivity index (χ0v) is 18.2. The predicted octanol–water partition coefficient (Wildman–Crippen LogP) is 0.248. The predicted molar refractivity (Wildman–Crippen MR) is 113 cm³/mol. The number of fused-ring (bicyclic) bond motifs is 1. The molecule has 0 aliphatic carbocycles. The third-order valence-electron chi connectivity index (χ3n) is 4.61. The molecule has 0 saturated carbocycles. The number of likely N-dealkylation sites (N-methyl/N-ethyl adjacent to an activating group) is 1. The molecule has 3 rings (SSSR count). The minimum Gasteiger partial charge on any atom is -0.366 e. The van der Waals surface area contributed by atoms with Gasteiger partial charge in [-0.15, -0.1) is 0 Å². The van der Waals surface area contributed by atoms with E-state index in [9.17, 15) is 14.4 Å². The van der Waals surface area contributed by atoms with E-state index in [1.54, 1.807) is 18.1 Å². The molecule has 2 aromatic heterocycles. The van der Waals surface area contributed by atoms with Crippen LogP contribution in [-0.4, -0.2) is 68.9 Å². The Balaban J connectivity index is 0.000000220. The smallest absolute Gasteiger partial charge is 0.251 e. The molecule has 30 heavy (non-hydrogen) atoms. The molecule has 0 bridgehead atoms. The molecule has 1 unspecified atom stereocenters. The molecule has 0 radical (unpaired) electrons. The first-order valence-corrected chi connectivity index (χ1v) is 9.90. The van der Waals surface area contributed by atoms with Crippen molar-refractivity contribution in [2.45, 2.75) is 52.1 Å². The topological polar surface area (TPSA) is 135 Å². The van der Waals surface area contributed by atoms with Crippen molar-refractivity contribution in [2.75, 3.05) is 20.1 Å². The van der Waals surface area contributed by atoms with Gasteiger partial charge in [0.15, 0.2) is 5.65 Å². The Hall–Kier alpha value is -3.01. The highest BCUT2D eigenvalue weighted by molar-refractivity contribution is 5.92. The van der Waals surface area contributed by atoms with E-state index in [1.807, 2.05) is 33.8 Å². The summed E-state index contributed by atoms with van der Waals surface area (Å²) in [6, 6.07) is 1.54. The lowest BCUT2D eigenvalue weighted by atomic mass is 10.1. The Labute approximate surface area is 176 Å². The molecule has 2 aromatic rings. The van der Waals surface area contributed by atoms with Crippen molar-refractivity contribution in [3.05, 3.63) is 29.7 Å². The third kappa shape index (κ3) is 6.24. The SMILES string of the molecule is CNC(=O)C1CCCN1C(=O)CNC(C)(C)C.Cc1cc2ncc(C(N)=O)cn2n1. The average Bonchev–Trinajstić information content (AvgIpc) is 3.30. The number of nitrogens with zero attached hydrogens (tertiary/aromatic N) is 4. The molecule has 3 amide bonds. The molecule has 1 saturated heterocycles. The quantitative estimate of drug-likeness (QED) is 0.653. The van der Waals surface area contributed by atoms with Crippen LogP contribution in [0.1, 0.15) is 49.7 Å². The van der Waals surface area contributed by atoms with Gasteiger partial charge in [0.05, 0.1) is 17.8 Å². The van der Waals surface area contributed by atoms with Gasteiger partial charge in [-0.05, 0) is 40.5 Å². The van der Waals surface area contributed by atoms with Gasteiger partial charge in [-0.2, -0.15) is 5.10 Å². The number of aromatic nitrogens is 3. The van der Waals surface area contributed by atoms with Crippen LogP contribution in [0.3, 0.4) is 0 Å². The lowest BCUT2D eigenvalue weighted by Gasteiger charge is -2.26. The molecular weight excluding hydrogens is 386 g/mol. The number of rotatable bonds is 4. The fourth-order valence-electron chi connectivity index (χ4n) is 3.07. The van der Waals surface area contributed by atoms with Gasteiger partial charge < -0.3 is 21.3 Å². The lowest BCUT2D eigenvalue weighted by Crippen LogP contribution is -2.50. The van der Waals surface area contributed by atoms with Gasteiger partial charge in [0.25, 0.3) is 5.91 Å². The minimum atomic E-state index is -0.498. The number of primary amides is 1. The monoisotopic (exact) mass is 417 g/mol. The Morgan fingerprint density at radius 3 is 2.60 bits per heavy atom. The van der Waals surface area contributed by atoms with Crippen molar-refractivity contribution in [1.29, 1.82) is 0 Å². The molecule has 10 heteroatoms. The van der Waals surface area contributed by atoms with E-state index >= 15 is 0 Å². The van der Waals surface area contributed by atoms with Crippen LogP contribution in [0, 0.1) is 6.92 Å². The van der Waals surface area contributed by atoms with Gasteiger partial charge in [0.1, 0.15) is 6.04 Å². The number of carbonyl (C=O) groups is 3. The molecule has 1 fully saturated rings. The molecule has 4 N–H and O–H groups in total. The average molecular weight is 418 g/mol. The molecule has 3 heterocycles. The summed E-state index contributed by atoms with van der Waals surface area (Å²) in [4.78, 5) is 40.1. The van der Waals surface area contributed by atoms with Crippen molar-refractivity contribution < 1.29 is 14.4 Å². The van der Waals surface area contributed by atoms with Gasteiger partial charge in [-0.1, -0.05) is 0 Å². The number of hydrogen-bond donors (Lipinski definition) is 3. The van der Waals surface area contributed by atoms with Crippen LogP contribution in [0.15, 0.2) is 18.5 Å². The second-order valence-electron chi connectivity index (χ2n) is 8.26. The summed E-state index contributed by atoms with van der Waals surface area (Å²) in [6.07, 6.45) is 4.68. The number of hydrogen-bond acceptors (Lipinski definition) is 6. The Morgan fingerprint density at radius 1 is 1.30 bits per heavy atom. The number of amides is 3. The summed E-state index contributed by atoms with van der Waals surface area (Å²) in [6.45, 7) is 8.87. The van der Waals surface area contributed by atoms with E-state index in [0.717, 1.165) is 18.5 Å². The number of nitrogens with two attached hydrogens (primary N) is 1. The first-order chi connectivity index (χ1) is 14.0. The van der Waals surface area contributed by atoms with Crippen molar-refractivity contribution in [1.82, 2.24) is 30.1 Å². The number of aryl methyl sites for hydroxylation is 1. The summed E-state index contributed by atoms with van der Waals surface area (Å²) in [5.41, 5.74) is 6.93. The Kier molecular flexibility index (Phi) is 7.49.